The van der Waals surface area contributed by atoms with E-state index in [-0.39, 0.29) is 5.60 Å². The normalized spacial score (nSPS) is 36.9. The molecule has 1 atom stereocenters. The zero-order valence-corrected chi connectivity index (χ0v) is 11.8. The van der Waals surface area contributed by atoms with E-state index < -0.39 is 0 Å². The van der Waals surface area contributed by atoms with Crippen molar-refractivity contribution in [2.75, 3.05) is 13.2 Å². The minimum atomic E-state index is 0.0381. The van der Waals surface area contributed by atoms with Crippen LogP contribution in [0.5, 0.6) is 0 Å². The third-order valence-electron chi connectivity index (χ3n) is 4.64. The molecule has 1 unspecified atom stereocenters. The van der Waals surface area contributed by atoms with Gasteiger partial charge in [-0.2, -0.15) is 0 Å². The monoisotopic (exact) mass is 266 g/mol. The molecule has 2 aliphatic rings. The van der Waals surface area contributed by atoms with Crippen LogP contribution in [0.1, 0.15) is 49.9 Å². The van der Waals surface area contributed by atoms with Gasteiger partial charge in [-0.1, -0.05) is 13.3 Å². The number of morpholine rings is 1. The fraction of sp³-hybridized carbons (Fsp3) is 0.786. The van der Waals surface area contributed by atoms with Gasteiger partial charge in [-0.3, -0.25) is 0 Å². The van der Waals surface area contributed by atoms with E-state index in [1.807, 2.05) is 6.20 Å². The summed E-state index contributed by atoms with van der Waals surface area (Å²) in [6.07, 6.45) is 8.24. The molecule has 1 aliphatic carbocycles. The molecule has 3 nitrogen and oxygen atoms in total. The maximum Gasteiger partial charge on any atom is 0.0885 e. The van der Waals surface area contributed by atoms with Gasteiger partial charge in [0, 0.05) is 17.6 Å². The predicted molar refractivity (Wildman–Crippen MR) is 73.8 cm³/mol. The molecule has 4 heteroatoms. The summed E-state index contributed by atoms with van der Waals surface area (Å²) in [7, 11) is 0. The van der Waals surface area contributed by atoms with Gasteiger partial charge < -0.3 is 10.1 Å². The zero-order chi connectivity index (χ0) is 12.4. The van der Waals surface area contributed by atoms with Crippen LogP contribution < -0.4 is 5.32 Å². The van der Waals surface area contributed by atoms with Gasteiger partial charge in [0.15, 0.2) is 0 Å². The average molecular weight is 266 g/mol. The van der Waals surface area contributed by atoms with Gasteiger partial charge in [-0.15, -0.1) is 0 Å². The first kappa shape index (κ1) is 12.6. The molecule has 2 heterocycles. The highest BCUT2D eigenvalue weighted by atomic mass is 32.1. The first-order valence-electron chi connectivity index (χ1n) is 7.12. The largest absolute Gasteiger partial charge is 0.372 e. The Bertz CT molecular complexity index is 371. The van der Waals surface area contributed by atoms with E-state index in [0.717, 1.165) is 19.1 Å². The van der Waals surface area contributed by atoms with Gasteiger partial charge in [-0.05, 0) is 49.2 Å². The van der Waals surface area contributed by atoms with Crippen LogP contribution in [0.25, 0.3) is 0 Å². The topological polar surface area (TPSA) is 34.1 Å². The minimum Gasteiger partial charge on any atom is -0.372 e. The van der Waals surface area contributed by atoms with Crippen LogP contribution in [0.15, 0.2) is 12.3 Å². The van der Waals surface area contributed by atoms with E-state index in [2.05, 4.69) is 22.7 Å². The highest BCUT2D eigenvalue weighted by molar-refractivity contribution is 7.05. The van der Waals surface area contributed by atoms with Gasteiger partial charge in [0.05, 0.1) is 18.2 Å². The van der Waals surface area contributed by atoms with Gasteiger partial charge in [0.2, 0.25) is 0 Å². The van der Waals surface area contributed by atoms with Crippen molar-refractivity contribution in [3.8, 4) is 0 Å². The van der Waals surface area contributed by atoms with Gasteiger partial charge >= 0.3 is 0 Å². The molecule has 1 aromatic heterocycles. The summed E-state index contributed by atoms with van der Waals surface area (Å²) in [5.41, 5.74) is 0.0381. The van der Waals surface area contributed by atoms with E-state index in [1.165, 1.54) is 37.0 Å². The summed E-state index contributed by atoms with van der Waals surface area (Å²) in [4.78, 5) is 1.34. The molecule has 1 aromatic rings. The number of nitrogens with one attached hydrogen (secondary N) is 1. The molecule has 1 aliphatic heterocycles. The molecule has 1 saturated heterocycles. The van der Waals surface area contributed by atoms with Crippen LogP contribution in [0.3, 0.4) is 0 Å². The van der Waals surface area contributed by atoms with E-state index in [1.54, 1.807) is 11.5 Å². The fourth-order valence-corrected chi connectivity index (χ4v) is 4.24. The quantitative estimate of drug-likeness (QED) is 0.893. The first-order valence-corrected chi connectivity index (χ1v) is 7.89. The van der Waals surface area contributed by atoms with Crippen LogP contribution in [0.4, 0.5) is 0 Å². The third-order valence-corrected chi connectivity index (χ3v) is 5.45. The van der Waals surface area contributed by atoms with Crippen LogP contribution in [-0.4, -0.2) is 23.1 Å². The van der Waals surface area contributed by atoms with Gasteiger partial charge in [0.25, 0.3) is 0 Å². The maximum absolute atomic E-state index is 6.25. The summed E-state index contributed by atoms with van der Waals surface area (Å²) in [5.74, 6) is 0.906. The van der Waals surface area contributed by atoms with Gasteiger partial charge in [-0.25, -0.2) is 4.37 Å². The molecule has 2 fully saturated rings. The summed E-state index contributed by atoms with van der Waals surface area (Å²) in [6, 6.07) is 2.50. The molecule has 0 bridgehead atoms. The van der Waals surface area contributed by atoms with E-state index in [9.17, 15) is 0 Å². The lowest BCUT2D eigenvalue weighted by Gasteiger charge is -2.48. The van der Waals surface area contributed by atoms with Crippen LogP contribution in [-0.2, 0) is 4.74 Å². The van der Waals surface area contributed by atoms with Crippen molar-refractivity contribution in [2.24, 2.45) is 5.92 Å². The van der Waals surface area contributed by atoms with Crippen molar-refractivity contribution in [3.63, 3.8) is 0 Å². The Labute approximate surface area is 113 Å². The molecule has 0 radical (unpaired) electrons. The smallest absolute Gasteiger partial charge is 0.0885 e. The van der Waals surface area contributed by atoms with E-state index >= 15 is 0 Å². The third kappa shape index (κ3) is 2.22. The molecule has 0 aromatic carbocycles. The van der Waals surface area contributed by atoms with Crippen molar-refractivity contribution in [3.05, 3.63) is 17.1 Å². The van der Waals surface area contributed by atoms with Crippen molar-refractivity contribution in [1.82, 2.24) is 9.69 Å². The number of ether oxygens (including phenoxy) is 1. The van der Waals surface area contributed by atoms with Crippen molar-refractivity contribution in [1.29, 1.82) is 0 Å². The van der Waals surface area contributed by atoms with Crippen LogP contribution >= 0.6 is 11.5 Å². The Morgan fingerprint density at radius 2 is 2.33 bits per heavy atom. The number of hydrogen-bond donors (Lipinski definition) is 1. The van der Waals surface area contributed by atoms with Crippen molar-refractivity contribution in [2.45, 2.75) is 50.7 Å². The predicted octanol–water partition coefficient (Wildman–Crippen LogP) is 3.14. The molecule has 3 rings (SSSR count). The number of rotatable bonds is 2. The SMILES string of the molecule is CCC1CCC2(CC1)OCCNC2c1ccns1. The lowest BCUT2D eigenvalue weighted by atomic mass is 9.73. The lowest BCUT2D eigenvalue weighted by Crippen LogP contribution is -2.53. The molecular weight excluding hydrogens is 244 g/mol. The maximum atomic E-state index is 6.25. The first-order chi connectivity index (χ1) is 8.84. The Balaban J connectivity index is 1.79. The lowest BCUT2D eigenvalue weighted by molar-refractivity contribution is -0.124. The molecule has 1 saturated carbocycles. The van der Waals surface area contributed by atoms with E-state index in [0.29, 0.717) is 6.04 Å². The highest BCUT2D eigenvalue weighted by Gasteiger charge is 2.45. The summed E-state index contributed by atoms with van der Waals surface area (Å²) in [6.45, 7) is 4.12. The molecular formula is C14H22N2OS. The molecule has 100 valence electrons. The highest BCUT2D eigenvalue weighted by Crippen LogP contribution is 2.45. The number of aromatic nitrogens is 1. The Morgan fingerprint density at radius 1 is 1.50 bits per heavy atom. The average Bonchev–Trinajstić information content (AvgIpc) is 2.94. The molecule has 18 heavy (non-hydrogen) atoms. The zero-order valence-electron chi connectivity index (χ0n) is 11.0. The standard InChI is InChI=1S/C14H22N2OS/c1-2-11-3-6-14(7-4-11)13(15-9-10-17-14)12-5-8-16-18-12/h5,8,11,13,15H,2-4,6-7,9-10H2,1H3. The Kier molecular flexibility index (Phi) is 3.68. The van der Waals surface area contributed by atoms with E-state index in [4.69, 9.17) is 4.74 Å². The second-order valence-electron chi connectivity index (χ2n) is 5.57. The molecule has 0 amide bonds. The molecule has 1 N–H and O–H groups in total. The van der Waals surface area contributed by atoms with Crippen LogP contribution in [0, 0.1) is 5.92 Å². The summed E-state index contributed by atoms with van der Waals surface area (Å²) in [5, 5.41) is 3.66. The summed E-state index contributed by atoms with van der Waals surface area (Å²) < 4.78 is 10.5. The Hall–Kier alpha value is -0.450. The molecule has 1 spiro atoms. The number of nitrogens with zero attached hydrogens (tertiary/aromatic N) is 1. The minimum absolute atomic E-state index is 0.0381. The second kappa shape index (κ2) is 5.27. The summed E-state index contributed by atoms with van der Waals surface area (Å²) >= 11 is 1.61. The number of hydrogen-bond acceptors (Lipinski definition) is 4. The second-order valence-corrected chi connectivity index (χ2v) is 6.43. The Morgan fingerprint density at radius 3 is 3.00 bits per heavy atom. The van der Waals surface area contributed by atoms with Crippen molar-refractivity contribution < 1.29 is 4.74 Å². The van der Waals surface area contributed by atoms with Crippen molar-refractivity contribution >= 4 is 11.5 Å². The van der Waals surface area contributed by atoms with Gasteiger partial charge in [0.1, 0.15) is 0 Å². The van der Waals surface area contributed by atoms with Crippen LogP contribution in [0.2, 0.25) is 0 Å². The fourth-order valence-electron chi connectivity index (χ4n) is 3.47.